The number of rotatable bonds is 8. The SMILES string of the molecule is COCCC1Cc2c(ccnc2CS(=O)c2nc3ccc(OC(F)F)cc3[nH]2)O1. The predicted molar refractivity (Wildman–Crippen MR) is 102 cm³/mol. The summed E-state index contributed by atoms with van der Waals surface area (Å²) in [6, 6.07) is 6.14. The molecule has 0 saturated carbocycles. The van der Waals surface area contributed by atoms with Gasteiger partial charge in [-0.1, -0.05) is 0 Å². The molecule has 1 aliphatic rings. The maximum absolute atomic E-state index is 12.9. The number of aromatic amines is 1. The summed E-state index contributed by atoms with van der Waals surface area (Å²) in [5.41, 5.74) is 2.64. The zero-order valence-electron chi connectivity index (χ0n) is 15.6. The summed E-state index contributed by atoms with van der Waals surface area (Å²) < 4.78 is 53.0. The summed E-state index contributed by atoms with van der Waals surface area (Å²) in [6.45, 7) is -2.31. The van der Waals surface area contributed by atoms with Crippen molar-refractivity contribution in [2.45, 2.75) is 36.5 Å². The fourth-order valence-corrected chi connectivity index (χ4v) is 4.33. The summed E-state index contributed by atoms with van der Waals surface area (Å²) >= 11 is 0. The molecule has 3 aromatic rings. The fourth-order valence-electron chi connectivity index (χ4n) is 3.27. The van der Waals surface area contributed by atoms with E-state index in [1.54, 1.807) is 19.4 Å². The standard InChI is InChI=1S/C19H19F2N3O4S/c1-26-7-5-12-8-13-16(22-6-4-17(13)27-12)10-29(25)19-23-14-3-2-11(28-18(20)21)9-15(14)24-19/h2-4,6,9,12,18H,5,7-8,10H2,1H3,(H,23,24). The lowest BCUT2D eigenvalue weighted by Crippen LogP contribution is -2.15. The minimum atomic E-state index is -2.91. The summed E-state index contributed by atoms with van der Waals surface area (Å²) in [5.74, 6) is 0.936. The topological polar surface area (TPSA) is 86.3 Å². The first-order valence-electron chi connectivity index (χ1n) is 8.99. The highest BCUT2D eigenvalue weighted by Gasteiger charge is 2.27. The number of ether oxygens (including phenoxy) is 3. The molecule has 0 amide bonds. The Morgan fingerprint density at radius 2 is 2.24 bits per heavy atom. The van der Waals surface area contributed by atoms with E-state index in [9.17, 15) is 13.0 Å². The van der Waals surface area contributed by atoms with Crippen LogP contribution in [0.5, 0.6) is 11.5 Å². The van der Waals surface area contributed by atoms with Gasteiger partial charge in [0, 0.05) is 44.4 Å². The number of nitrogens with zero attached hydrogens (tertiary/aromatic N) is 2. The van der Waals surface area contributed by atoms with E-state index < -0.39 is 17.4 Å². The number of fused-ring (bicyclic) bond motifs is 2. The van der Waals surface area contributed by atoms with Crippen molar-refractivity contribution < 1.29 is 27.2 Å². The van der Waals surface area contributed by atoms with Crippen LogP contribution in [0.2, 0.25) is 0 Å². The fraction of sp³-hybridized carbons (Fsp3) is 0.368. The third kappa shape index (κ3) is 4.38. The number of hydrogen-bond acceptors (Lipinski definition) is 6. The zero-order chi connectivity index (χ0) is 20.4. The van der Waals surface area contributed by atoms with Gasteiger partial charge in [-0.05, 0) is 18.2 Å². The van der Waals surface area contributed by atoms with Crippen LogP contribution in [0.4, 0.5) is 8.78 Å². The van der Waals surface area contributed by atoms with Gasteiger partial charge in [0.05, 0.1) is 33.3 Å². The Hall–Kier alpha value is -2.59. The molecule has 0 radical (unpaired) electrons. The van der Waals surface area contributed by atoms with Crippen LogP contribution in [0.1, 0.15) is 17.7 Å². The summed E-state index contributed by atoms with van der Waals surface area (Å²) in [7, 11) is 0.155. The first kappa shape index (κ1) is 19.7. The Morgan fingerprint density at radius 1 is 1.38 bits per heavy atom. The minimum absolute atomic E-state index is 0.00952. The van der Waals surface area contributed by atoms with Gasteiger partial charge in [0.1, 0.15) is 17.6 Å². The van der Waals surface area contributed by atoms with Gasteiger partial charge in [0.2, 0.25) is 0 Å². The molecule has 7 nitrogen and oxygen atoms in total. The number of hydrogen-bond donors (Lipinski definition) is 1. The maximum Gasteiger partial charge on any atom is 0.387 e. The van der Waals surface area contributed by atoms with Crippen molar-refractivity contribution in [3.05, 3.63) is 41.7 Å². The number of halogens is 2. The Labute approximate surface area is 167 Å². The van der Waals surface area contributed by atoms with Crippen molar-refractivity contribution in [3.8, 4) is 11.5 Å². The number of pyridine rings is 1. The van der Waals surface area contributed by atoms with Crippen LogP contribution in [-0.2, 0) is 27.7 Å². The van der Waals surface area contributed by atoms with Crippen molar-refractivity contribution in [1.29, 1.82) is 0 Å². The smallest absolute Gasteiger partial charge is 0.387 e. The molecule has 2 atom stereocenters. The second kappa shape index (κ2) is 8.42. The maximum atomic E-state index is 12.9. The molecule has 154 valence electrons. The summed E-state index contributed by atoms with van der Waals surface area (Å²) in [5, 5.41) is 0.253. The molecule has 1 N–H and O–H groups in total. The van der Waals surface area contributed by atoms with Gasteiger partial charge in [-0.3, -0.25) is 9.19 Å². The molecule has 2 unspecified atom stereocenters. The Balaban J connectivity index is 1.51. The van der Waals surface area contributed by atoms with Crippen LogP contribution in [0.3, 0.4) is 0 Å². The lowest BCUT2D eigenvalue weighted by Gasteiger charge is -2.08. The van der Waals surface area contributed by atoms with E-state index in [1.807, 2.05) is 0 Å². The Kier molecular flexibility index (Phi) is 5.72. The van der Waals surface area contributed by atoms with Crippen LogP contribution < -0.4 is 9.47 Å². The van der Waals surface area contributed by atoms with Gasteiger partial charge in [-0.2, -0.15) is 8.78 Å². The molecule has 29 heavy (non-hydrogen) atoms. The van der Waals surface area contributed by atoms with E-state index in [1.165, 1.54) is 18.2 Å². The van der Waals surface area contributed by atoms with E-state index in [2.05, 4.69) is 19.7 Å². The predicted octanol–water partition coefficient (Wildman–Crippen LogP) is 3.21. The van der Waals surface area contributed by atoms with Crippen LogP contribution in [0, 0.1) is 0 Å². The van der Waals surface area contributed by atoms with Crippen LogP contribution in [0.25, 0.3) is 11.0 Å². The van der Waals surface area contributed by atoms with Crippen molar-refractivity contribution in [3.63, 3.8) is 0 Å². The molecule has 0 aliphatic carbocycles. The second-order valence-corrected chi connectivity index (χ2v) is 7.92. The van der Waals surface area contributed by atoms with Crippen LogP contribution in [0.15, 0.2) is 35.6 Å². The van der Waals surface area contributed by atoms with Gasteiger partial charge in [0.25, 0.3) is 0 Å². The van der Waals surface area contributed by atoms with Gasteiger partial charge < -0.3 is 19.2 Å². The highest BCUT2D eigenvalue weighted by molar-refractivity contribution is 7.84. The van der Waals surface area contributed by atoms with Crippen LogP contribution in [-0.4, -0.2) is 45.6 Å². The van der Waals surface area contributed by atoms with Gasteiger partial charge in [0.15, 0.2) is 5.16 Å². The van der Waals surface area contributed by atoms with E-state index in [0.717, 1.165) is 17.7 Å². The van der Waals surface area contributed by atoms with E-state index in [0.29, 0.717) is 29.8 Å². The number of alkyl halides is 2. The lowest BCUT2D eigenvalue weighted by molar-refractivity contribution is -0.0497. The summed E-state index contributed by atoms with van der Waals surface area (Å²) in [6.07, 6.45) is 3.10. The number of aromatic nitrogens is 3. The Morgan fingerprint density at radius 3 is 3.03 bits per heavy atom. The first-order valence-corrected chi connectivity index (χ1v) is 10.3. The quantitative estimate of drug-likeness (QED) is 0.599. The van der Waals surface area contributed by atoms with Gasteiger partial charge >= 0.3 is 6.61 Å². The normalized spacial score (nSPS) is 16.8. The monoisotopic (exact) mass is 423 g/mol. The largest absolute Gasteiger partial charge is 0.490 e. The van der Waals surface area contributed by atoms with Crippen molar-refractivity contribution in [1.82, 2.24) is 15.0 Å². The number of benzene rings is 1. The number of H-pyrrole nitrogens is 1. The van der Waals surface area contributed by atoms with Crippen molar-refractivity contribution >= 4 is 21.8 Å². The third-order valence-corrected chi connectivity index (χ3v) is 5.77. The highest BCUT2D eigenvalue weighted by Crippen LogP contribution is 2.32. The lowest BCUT2D eigenvalue weighted by atomic mass is 10.1. The van der Waals surface area contributed by atoms with Crippen molar-refractivity contribution in [2.24, 2.45) is 0 Å². The van der Waals surface area contributed by atoms with Crippen LogP contribution >= 0.6 is 0 Å². The number of imidazole rings is 1. The second-order valence-electron chi connectivity index (χ2n) is 6.55. The molecule has 0 fully saturated rings. The molecule has 1 aromatic carbocycles. The first-order chi connectivity index (χ1) is 14.0. The molecule has 1 aliphatic heterocycles. The molecule has 3 heterocycles. The highest BCUT2D eigenvalue weighted by atomic mass is 32.2. The zero-order valence-corrected chi connectivity index (χ0v) is 16.4. The molecule has 0 bridgehead atoms. The van der Waals surface area contributed by atoms with Gasteiger partial charge in [-0.15, -0.1) is 0 Å². The molecule has 4 rings (SSSR count). The minimum Gasteiger partial charge on any atom is -0.490 e. The van der Waals surface area contributed by atoms with E-state index in [4.69, 9.17) is 9.47 Å². The Bertz CT molecular complexity index is 1040. The molecule has 0 saturated heterocycles. The summed E-state index contributed by atoms with van der Waals surface area (Å²) in [4.78, 5) is 11.6. The average Bonchev–Trinajstić information content (AvgIpc) is 3.29. The number of methoxy groups -OCH3 is 1. The number of nitrogens with one attached hydrogen (secondary N) is 1. The third-order valence-electron chi connectivity index (χ3n) is 4.61. The average molecular weight is 423 g/mol. The molecule has 0 spiro atoms. The molecular weight excluding hydrogens is 404 g/mol. The van der Waals surface area contributed by atoms with E-state index >= 15 is 0 Å². The van der Waals surface area contributed by atoms with Gasteiger partial charge in [-0.25, -0.2) is 4.98 Å². The molecule has 2 aromatic heterocycles. The molecule has 10 heteroatoms. The van der Waals surface area contributed by atoms with Crippen molar-refractivity contribution in [2.75, 3.05) is 13.7 Å². The van der Waals surface area contributed by atoms with E-state index in [-0.39, 0.29) is 22.8 Å². The molecular formula is C19H19F2N3O4S.